The molecular weight excluding hydrogens is 774 g/mol. The van der Waals surface area contributed by atoms with Crippen molar-refractivity contribution in [3.63, 3.8) is 0 Å². The van der Waals surface area contributed by atoms with E-state index in [2.05, 4.69) is 10.3 Å². The summed E-state index contributed by atoms with van der Waals surface area (Å²) >= 11 is 0. The van der Waals surface area contributed by atoms with Crippen LogP contribution in [0.2, 0.25) is 0 Å². The second kappa shape index (κ2) is 21.3. The number of guanidine groups is 1. The molecule has 0 bridgehead atoms. The molecule has 0 aromatic heterocycles. The van der Waals surface area contributed by atoms with Crippen LogP contribution in [0.4, 0.5) is 0 Å². The summed E-state index contributed by atoms with van der Waals surface area (Å²) in [6.07, 6.45) is -20.3. The minimum atomic E-state index is -4.67. The average Bonchev–Trinajstić information content (AvgIpc) is 3.02. The molecular formula is C23H49N7O21S2. The summed E-state index contributed by atoms with van der Waals surface area (Å²) in [7, 11) is -9.33. The predicted octanol–water partition coefficient (Wildman–Crippen LogP) is -10.4. The Balaban J connectivity index is 0.00000124. The second-order valence-electron chi connectivity index (χ2n) is 11.7. The number of carbonyl (C=O) groups excluding carboxylic acids is 1. The Morgan fingerprint density at radius 3 is 1.77 bits per heavy atom. The normalized spacial score (nSPS) is 38.2. The Hall–Kier alpha value is -2.12. The average molecular weight is 824 g/mol. The molecule has 0 radical (unpaired) electrons. The molecule has 2 heterocycles. The van der Waals surface area contributed by atoms with Gasteiger partial charge in [0.25, 0.3) is 0 Å². The van der Waals surface area contributed by atoms with Crippen LogP contribution in [0.5, 0.6) is 0 Å². The number of aliphatic hydroxyl groups excluding tert-OH is 8. The number of ether oxygens (including phenoxy) is 4. The molecule has 0 spiro atoms. The molecule has 2 saturated heterocycles. The van der Waals surface area contributed by atoms with Crippen molar-refractivity contribution in [1.82, 2.24) is 5.32 Å². The molecule has 1 saturated carbocycles. The SMILES string of the molecule is NCC1OC(OC2C(N)CC(NC(=O)C(O)CCN=C(N)N)C(OC3OC(CO)C(O)C(N)C3O)C2O)C(O)C(O)C1O.O=S(=O)(O)O.O=S(=O)(O)O. The van der Waals surface area contributed by atoms with Crippen molar-refractivity contribution in [2.24, 2.45) is 33.7 Å². The molecule has 0 aromatic carbocycles. The molecule has 2 aliphatic heterocycles. The molecule has 3 rings (SSSR count). The summed E-state index contributed by atoms with van der Waals surface area (Å²) in [6, 6.07) is -3.56. The number of amides is 1. The molecule has 314 valence electrons. The zero-order valence-electron chi connectivity index (χ0n) is 27.5. The van der Waals surface area contributed by atoms with E-state index in [-0.39, 0.29) is 31.9 Å². The molecule has 23 N–H and O–H groups in total. The van der Waals surface area contributed by atoms with Crippen molar-refractivity contribution >= 4 is 32.7 Å². The third-order valence-electron chi connectivity index (χ3n) is 7.77. The summed E-state index contributed by atoms with van der Waals surface area (Å²) < 4.78 is 85.7. The van der Waals surface area contributed by atoms with Crippen LogP contribution < -0.4 is 34.0 Å². The van der Waals surface area contributed by atoms with E-state index in [1.54, 1.807) is 0 Å². The highest BCUT2D eigenvalue weighted by molar-refractivity contribution is 7.80. The van der Waals surface area contributed by atoms with Crippen LogP contribution in [-0.2, 0) is 44.5 Å². The van der Waals surface area contributed by atoms with Crippen molar-refractivity contribution < 1.29 is 99.6 Å². The van der Waals surface area contributed by atoms with Gasteiger partial charge < -0.3 is 93.8 Å². The Bertz CT molecular complexity index is 1330. The molecule has 16 atom stereocenters. The standard InChI is InChI=1S/C23H45N7O13.2H2O4S/c24-4-9-13(34)15(36)16(37)22(40-9)42-18-6(25)3-7(30-20(39)8(32)1-2-29-23(27)28)19(17(18)38)43-21-14(35)11(26)12(33)10(5-31)41-21;2*1-5(2,3)4/h6-19,21-22,31-38H,1-5,24-26H2,(H,30,39)(H4,27,28,29);2*(H2,1,2,3,4). The van der Waals surface area contributed by atoms with Gasteiger partial charge in [0.1, 0.15) is 67.1 Å². The Morgan fingerprint density at radius 1 is 0.792 bits per heavy atom. The Morgan fingerprint density at radius 2 is 1.28 bits per heavy atom. The summed E-state index contributed by atoms with van der Waals surface area (Å²) in [5, 5.41) is 85.4. The maximum Gasteiger partial charge on any atom is 0.394 e. The number of hydrogen-bond acceptors (Lipinski definition) is 21. The second-order valence-corrected chi connectivity index (χ2v) is 13.5. The van der Waals surface area contributed by atoms with Gasteiger partial charge in [0, 0.05) is 25.6 Å². The van der Waals surface area contributed by atoms with Crippen molar-refractivity contribution in [2.75, 3.05) is 19.7 Å². The summed E-state index contributed by atoms with van der Waals surface area (Å²) in [6.45, 7) is -1.01. The van der Waals surface area contributed by atoms with Gasteiger partial charge in [-0.1, -0.05) is 0 Å². The number of nitrogens with zero attached hydrogens (tertiary/aromatic N) is 1. The van der Waals surface area contributed by atoms with Crippen molar-refractivity contribution in [3.05, 3.63) is 0 Å². The first-order chi connectivity index (χ1) is 24.2. The van der Waals surface area contributed by atoms with Gasteiger partial charge in [-0.25, -0.2) is 0 Å². The third-order valence-corrected chi connectivity index (χ3v) is 7.77. The lowest BCUT2D eigenvalue weighted by molar-refractivity contribution is -0.332. The van der Waals surface area contributed by atoms with Crippen LogP contribution >= 0.6 is 0 Å². The lowest BCUT2D eigenvalue weighted by Gasteiger charge is -2.49. The van der Waals surface area contributed by atoms with Crippen LogP contribution in [0.15, 0.2) is 4.99 Å². The van der Waals surface area contributed by atoms with Crippen molar-refractivity contribution in [2.45, 2.75) is 111 Å². The lowest BCUT2D eigenvalue weighted by Crippen LogP contribution is -2.69. The Labute approximate surface area is 301 Å². The highest BCUT2D eigenvalue weighted by atomic mass is 32.3. The van der Waals surface area contributed by atoms with E-state index >= 15 is 0 Å². The quantitative estimate of drug-likeness (QED) is 0.0522. The number of nitrogens with one attached hydrogen (secondary N) is 1. The Kier molecular flexibility index (Phi) is 19.6. The van der Waals surface area contributed by atoms with Gasteiger partial charge in [-0.15, -0.1) is 0 Å². The van der Waals surface area contributed by atoms with Gasteiger partial charge in [0.15, 0.2) is 18.5 Å². The first-order valence-electron chi connectivity index (χ1n) is 15.2. The summed E-state index contributed by atoms with van der Waals surface area (Å²) in [5.74, 6) is -1.14. The zero-order chi connectivity index (χ0) is 41.2. The monoisotopic (exact) mass is 823 g/mol. The molecule has 3 aliphatic rings. The number of nitrogens with two attached hydrogens (primary N) is 5. The fourth-order valence-corrected chi connectivity index (χ4v) is 5.23. The number of hydrogen-bond donors (Lipinski definition) is 18. The van der Waals surface area contributed by atoms with E-state index in [4.69, 9.17) is 82.7 Å². The number of rotatable bonds is 11. The maximum absolute atomic E-state index is 12.8. The third kappa shape index (κ3) is 16.3. The number of carbonyl (C=O) groups is 1. The van der Waals surface area contributed by atoms with Gasteiger partial charge >= 0.3 is 20.8 Å². The van der Waals surface area contributed by atoms with Gasteiger partial charge in [-0.05, 0) is 6.42 Å². The molecule has 0 aromatic rings. The van der Waals surface area contributed by atoms with E-state index in [1.807, 2.05) is 0 Å². The highest BCUT2D eigenvalue weighted by Gasteiger charge is 2.52. The largest absolute Gasteiger partial charge is 0.394 e. The van der Waals surface area contributed by atoms with Gasteiger partial charge in [-0.3, -0.25) is 28.0 Å². The highest BCUT2D eigenvalue weighted by Crippen LogP contribution is 2.32. The first-order valence-corrected chi connectivity index (χ1v) is 18.0. The molecule has 28 nitrogen and oxygen atoms in total. The van der Waals surface area contributed by atoms with Gasteiger partial charge in [0.2, 0.25) is 5.91 Å². The molecule has 16 unspecified atom stereocenters. The molecule has 1 amide bonds. The van der Waals surface area contributed by atoms with E-state index in [0.29, 0.717) is 0 Å². The van der Waals surface area contributed by atoms with Crippen LogP contribution in [-0.4, -0.2) is 205 Å². The fourth-order valence-electron chi connectivity index (χ4n) is 5.23. The number of aliphatic imine (C=N–C) groups is 1. The van der Waals surface area contributed by atoms with Crippen LogP contribution in [0.3, 0.4) is 0 Å². The van der Waals surface area contributed by atoms with Gasteiger partial charge in [-0.2, -0.15) is 16.8 Å². The molecule has 3 fully saturated rings. The van der Waals surface area contributed by atoms with E-state index in [9.17, 15) is 45.6 Å². The minimum absolute atomic E-state index is 0.0709. The molecule has 53 heavy (non-hydrogen) atoms. The lowest BCUT2D eigenvalue weighted by atomic mass is 9.83. The topological polar surface area (TPSA) is 520 Å². The summed E-state index contributed by atoms with van der Waals surface area (Å²) in [5.41, 5.74) is 28.2. The first kappa shape index (κ1) is 48.9. The number of aliphatic hydroxyl groups is 8. The minimum Gasteiger partial charge on any atom is -0.394 e. The van der Waals surface area contributed by atoms with E-state index in [0.717, 1.165) is 0 Å². The van der Waals surface area contributed by atoms with Crippen LogP contribution in [0.1, 0.15) is 12.8 Å². The predicted molar refractivity (Wildman–Crippen MR) is 171 cm³/mol. The summed E-state index contributed by atoms with van der Waals surface area (Å²) in [4.78, 5) is 16.5. The van der Waals surface area contributed by atoms with Crippen LogP contribution in [0, 0.1) is 0 Å². The zero-order valence-corrected chi connectivity index (χ0v) is 29.1. The smallest absolute Gasteiger partial charge is 0.394 e. The maximum atomic E-state index is 12.8. The van der Waals surface area contributed by atoms with Crippen LogP contribution in [0.25, 0.3) is 0 Å². The molecule has 1 aliphatic carbocycles. The van der Waals surface area contributed by atoms with E-state index in [1.165, 1.54) is 0 Å². The van der Waals surface area contributed by atoms with E-state index < -0.39 is 131 Å². The fraction of sp³-hybridized carbons (Fsp3) is 0.913. The van der Waals surface area contributed by atoms with Crippen molar-refractivity contribution in [1.29, 1.82) is 0 Å². The molecule has 30 heteroatoms. The van der Waals surface area contributed by atoms with Gasteiger partial charge in [0.05, 0.1) is 18.7 Å². The van der Waals surface area contributed by atoms with Crippen molar-refractivity contribution in [3.8, 4) is 0 Å².